The Hall–Kier alpha value is -2.40. The van der Waals surface area contributed by atoms with E-state index in [1.54, 1.807) is 25.1 Å². The Morgan fingerprint density at radius 1 is 1.32 bits per heavy atom. The lowest BCUT2D eigenvalue weighted by atomic mass is 10.2. The minimum atomic E-state index is -3.74. The van der Waals surface area contributed by atoms with Crippen molar-refractivity contribution in [3.05, 3.63) is 30.1 Å². The van der Waals surface area contributed by atoms with E-state index in [0.717, 1.165) is 43.0 Å². The highest BCUT2D eigenvalue weighted by Crippen LogP contribution is 2.25. The monoisotopic (exact) mass is 359 g/mol. The molecule has 7 nitrogen and oxygen atoms in total. The largest absolute Gasteiger partial charge is 0.311 e. The molecule has 0 amide bonds. The second-order valence-electron chi connectivity index (χ2n) is 6.16. The van der Waals surface area contributed by atoms with Crippen LogP contribution in [0.5, 0.6) is 0 Å². The summed E-state index contributed by atoms with van der Waals surface area (Å²) < 4.78 is 29.2. The lowest BCUT2D eigenvalue weighted by Crippen LogP contribution is -2.25. The van der Waals surface area contributed by atoms with Crippen molar-refractivity contribution in [1.29, 1.82) is 5.26 Å². The van der Waals surface area contributed by atoms with Gasteiger partial charge in [0.05, 0.1) is 6.07 Å². The highest BCUT2D eigenvalue weighted by Gasteiger charge is 2.23. The van der Waals surface area contributed by atoms with Gasteiger partial charge in [-0.2, -0.15) is 5.26 Å². The number of aryl methyl sites for hydroxylation is 1. The van der Waals surface area contributed by atoms with Gasteiger partial charge in [0.25, 0.3) is 0 Å². The SMILES string of the molecule is CCC(C#N)S(=O)(=O)Nc1cccc(-c2nnc3n2CCCCC3)c1. The van der Waals surface area contributed by atoms with E-state index in [0.29, 0.717) is 5.69 Å². The summed E-state index contributed by atoms with van der Waals surface area (Å²) in [5, 5.41) is 16.5. The zero-order valence-electron chi connectivity index (χ0n) is 14.1. The molecule has 1 aromatic heterocycles. The molecular formula is C17H21N5O2S. The topological polar surface area (TPSA) is 101 Å². The molecule has 1 aromatic carbocycles. The average molecular weight is 359 g/mol. The zero-order chi connectivity index (χ0) is 17.9. The van der Waals surface area contributed by atoms with Crippen molar-refractivity contribution in [2.24, 2.45) is 0 Å². The zero-order valence-corrected chi connectivity index (χ0v) is 15.0. The van der Waals surface area contributed by atoms with E-state index < -0.39 is 15.3 Å². The first-order valence-electron chi connectivity index (χ1n) is 8.49. The molecule has 25 heavy (non-hydrogen) atoms. The fourth-order valence-electron chi connectivity index (χ4n) is 3.04. The molecule has 2 aromatic rings. The summed E-state index contributed by atoms with van der Waals surface area (Å²) in [5.41, 5.74) is 1.24. The molecule has 0 aliphatic carbocycles. The molecule has 3 rings (SSSR count). The molecule has 1 atom stereocenters. The Morgan fingerprint density at radius 3 is 2.92 bits per heavy atom. The van der Waals surface area contributed by atoms with Crippen LogP contribution < -0.4 is 4.72 Å². The summed E-state index contributed by atoms with van der Waals surface area (Å²) in [6.45, 7) is 2.55. The molecule has 0 saturated heterocycles. The summed E-state index contributed by atoms with van der Waals surface area (Å²) in [4.78, 5) is 0. The van der Waals surface area contributed by atoms with Gasteiger partial charge in [0.2, 0.25) is 10.0 Å². The Bertz CT molecular complexity index is 898. The Morgan fingerprint density at radius 2 is 2.16 bits per heavy atom. The lowest BCUT2D eigenvalue weighted by Gasteiger charge is -2.12. The summed E-state index contributed by atoms with van der Waals surface area (Å²) in [5.74, 6) is 1.74. The summed E-state index contributed by atoms with van der Waals surface area (Å²) in [6, 6.07) is 8.90. The van der Waals surface area contributed by atoms with E-state index in [2.05, 4.69) is 19.5 Å². The molecule has 0 bridgehead atoms. The third-order valence-electron chi connectivity index (χ3n) is 4.38. The Labute approximate surface area is 147 Å². The molecule has 2 heterocycles. The predicted octanol–water partition coefficient (Wildman–Crippen LogP) is 2.72. The van der Waals surface area contributed by atoms with E-state index >= 15 is 0 Å². The van der Waals surface area contributed by atoms with Crippen LogP contribution >= 0.6 is 0 Å². The number of aromatic nitrogens is 3. The number of anilines is 1. The van der Waals surface area contributed by atoms with Gasteiger partial charge < -0.3 is 4.57 Å². The Balaban J connectivity index is 1.91. The molecular weight excluding hydrogens is 338 g/mol. The van der Waals surface area contributed by atoms with Crippen molar-refractivity contribution >= 4 is 15.7 Å². The lowest BCUT2D eigenvalue weighted by molar-refractivity contribution is 0.593. The number of sulfonamides is 1. The second kappa shape index (κ2) is 7.23. The molecule has 1 unspecified atom stereocenters. The summed E-state index contributed by atoms with van der Waals surface area (Å²) >= 11 is 0. The molecule has 0 radical (unpaired) electrons. The number of rotatable bonds is 5. The molecule has 1 aliphatic heterocycles. The number of benzene rings is 1. The van der Waals surface area contributed by atoms with Crippen LogP contribution in [0.1, 0.15) is 38.4 Å². The number of nitriles is 1. The molecule has 1 aliphatic rings. The normalized spacial score (nSPS) is 15.7. The van der Waals surface area contributed by atoms with Gasteiger partial charge in [-0.1, -0.05) is 25.5 Å². The average Bonchev–Trinajstić information content (AvgIpc) is 2.84. The van der Waals surface area contributed by atoms with Crippen LogP contribution in [0.15, 0.2) is 24.3 Å². The van der Waals surface area contributed by atoms with Crippen LogP contribution in [-0.4, -0.2) is 28.4 Å². The Kier molecular flexibility index (Phi) is 5.04. The van der Waals surface area contributed by atoms with E-state index in [-0.39, 0.29) is 6.42 Å². The molecule has 8 heteroatoms. The summed E-state index contributed by atoms with van der Waals surface area (Å²) in [7, 11) is -3.74. The molecule has 0 fully saturated rings. The van der Waals surface area contributed by atoms with Crippen molar-refractivity contribution in [2.75, 3.05) is 4.72 Å². The fraction of sp³-hybridized carbons (Fsp3) is 0.471. The van der Waals surface area contributed by atoms with Gasteiger partial charge >= 0.3 is 0 Å². The number of nitrogens with one attached hydrogen (secondary N) is 1. The van der Waals surface area contributed by atoms with Crippen molar-refractivity contribution in [3.63, 3.8) is 0 Å². The number of fused-ring (bicyclic) bond motifs is 1. The van der Waals surface area contributed by atoms with Crippen LogP contribution in [0.3, 0.4) is 0 Å². The van der Waals surface area contributed by atoms with Gasteiger partial charge in [-0.15, -0.1) is 10.2 Å². The molecule has 0 saturated carbocycles. The van der Waals surface area contributed by atoms with Crippen LogP contribution in [0, 0.1) is 11.3 Å². The maximum absolute atomic E-state index is 12.3. The smallest absolute Gasteiger partial charge is 0.249 e. The van der Waals surface area contributed by atoms with Crippen LogP contribution in [0.2, 0.25) is 0 Å². The maximum Gasteiger partial charge on any atom is 0.249 e. The van der Waals surface area contributed by atoms with Crippen molar-refractivity contribution in [2.45, 2.75) is 50.8 Å². The maximum atomic E-state index is 12.3. The first-order chi connectivity index (χ1) is 12.0. The van der Waals surface area contributed by atoms with Crippen molar-refractivity contribution < 1.29 is 8.42 Å². The third-order valence-corrected chi connectivity index (χ3v) is 6.09. The first-order valence-corrected chi connectivity index (χ1v) is 10.0. The van der Waals surface area contributed by atoms with E-state index in [4.69, 9.17) is 5.26 Å². The molecule has 132 valence electrons. The number of hydrogen-bond acceptors (Lipinski definition) is 5. The van der Waals surface area contributed by atoms with Crippen molar-refractivity contribution in [1.82, 2.24) is 14.8 Å². The quantitative estimate of drug-likeness (QED) is 0.884. The third kappa shape index (κ3) is 3.66. The highest BCUT2D eigenvalue weighted by molar-refractivity contribution is 7.93. The van der Waals surface area contributed by atoms with E-state index in [9.17, 15) is 8.42 Å². The van der Waals surface area contributed by atoms with Gasteiger partial charge in [-0.25, -0.2) is 8.42 Å². The van der Waals surface area contributed by atoms with Gasteiger partial charge in [0.15, 0.2) is 11.1 Å². The van der Waals surface area contributed by atoms with Crippen LogP contribution in [-0.2, 0) is 23.0 Å². The fourth-order valence-corrected chi connectivity index (χ4v) is 4.21. The molecule has 0 spiro atoms. The standard InChI is InChI=1S/C17H21N5O2S/c1-2-15(12-18)25(23,24)21-14-8-6-7-13(11-14)17-20-19-16-9-4-3-5-10-22(16)17/h6-8,11,15,21H,2-5,9-10H2,1H3. The minimum Gasteiger partial charge on any atom is -0.311 e. The number of hydrogen-bond donors (Lipinski definition) is 1. The van der Waals surface area contributed by atoms with E-state index in [1.807, 2.05) is 12.1 Å². The van der Waals surface area contributed by atoms with Gasteiger partial charge in [0, 0.05) is 24.2 Å². The summed E-state index contributed by atoms with van der Waals surface area (Å²) in [6.07, 6.45) is 4.54. The van der Waals surface area contributed by atoms with Crippen molar-refractivity contribution in [3.8, 4) is 17.5 Å². The van der Waals surface area contributed by atoms with Gasteiger partial charge in [0.1, 0.15) is 5.82 Å². The predicted molar refractivity (Wildman–Crippen MR) is 95.2 cm³/mol. The van der Waals surface area contributed by atoms with Gasteiger partial charge in [-0.3, -0.25) is 4.72 Å². The second-order valence-corrected chi connectivity index (χ2v) is 8.02. The first kappa shape index (κ1) is 17.4. The van der Waals surface area contributed by atoms with E-state index in [1.165, 1.54) is 6.42 Å². The minimum absolute atomic E-state index is 0.239. The van der Waals surface area contributed by atoms with Crippen LogP contribution in [0.4, 0.5) is 5.69 Å². The van der Waals surface area contributed by atoms with Gasteiger partial charge in [-0.05, 0) is 31.4 Å². The molecule has 1 N–H and O–H groups in total. The highest BCUT2D eigenvalue weighted by atomic mass is 32.2. The number of nitrogens with zero attached hydrogens (tertiary/aromatic N) is 4. The van der Waals surface area contributed by atoms with Crippen LogP contribution in [0.25, 0.3) is 11.4 Å².